The Morgan fingerprint density at radius 1 is 0.862 bits per heavy atom. The second kappa shape index (κ2) is 4.99. The Morgan fingerprint density at radius 2 is 1.41 bits per heavy atom. The number of ether oxygens (including phenoxy) is 1. The van der Waals surface area contributed by atoms with Crippen LogP contribution in [0.1, 0.15) is 42.2 Å². The number of para-hydroxylation sites is 2. The van der Waals surface area contributed by atoms with Gasteiger partial charge in [-0.05, 0) is 31.5 Å². The summed E-state index contributed by atoms with van der Waals surface area (Å²) < 4.78 is 11.1. The van der Waals surface area contributed by atoms with Gasteiger partial charge in [0.05, 0.1) is 27.6 Å². The molecule has 4 heterocycles. The molecule has 2 aliphatic heterocycles. The maximum atomic E-state index is 13.0. The Labute approximate surface area is 166 Å². The predicted molar refractivity (Wildman–Crippen MR) is 114 cm³/mol. The van der Waals surface area contributed by atoms with Crippen LogP contribution in [0.25, 0.3) is 43.6 Å². The van der Waals surface area contributed by atoms with Crippen LogP contribution in [0.4, 0.5) is 0 Å². The van der Waals surface area contributed by atoms with E-state index in [4.69, 9.17) is 4.74 Å². The fourth-order valence-electron chi connectivity index (χ4n) is 5.67. The number of rotatable bonds is 0. The van der Waals surface area contributed by atoms with Crippen molar-refractivity contribution in [2.24, 2.45) is 0 Å². The molecule has 1 amide bonds. The maximum absolute atomic E-state index is 13.0. The van der Waals surface area contributed by atoms with Gasteiger partial charge in [-0.1, -0.05) is 36.4 Å². The molecule has 3 aromatic carbocycles. The quantitative estimate of drug-likeness (QED) is 0.400. The van der Waals surface area contributed by atoms with Crippen LogP contribution >= 0.6 is 0 Å². The third kappa shape index (κ3) is 1.65. The van der Waals surface area contributed by atoms with Crippen LogP contribution in [-0.2, 0) is 11.3 Å². The fraction of sp³-hybridized carbons (Fsp3) is 0.208. The summed E-state index contributed by atoms with van der Waals surface area (Å²) in [7, 11) is 0. The highest BCUT2D eigenvalue weighted by Gasteiger charge is 2.35. The van der Waals surface area contributed by atoms with Gasteiger partial charge in [0, 0.05) is 28.1 Å². The monoisotopic (exact) mass is 381 g/mol. The zero-order valence-electron chi connectivity index (χ0n) is 16.2. The number of hydrogen-bond acceptors (Lipinski definition) is 2. The molecular weight excluding hydrogens is 362 g/mol. The van der Waals surface area contributed by atoms with E-state index in [2.05, 4.69) is 70.8 Å². The second-order valence-electron chi connectivity index (χ2n) is 8.09. The van der Waals surface area contributed by atoms with E-state index < -0.39 is 0 Å². The third-order valence-electron chi connectivity index (χ3n) is 6.67. The van der Waals surface area contributed by atoms with Crippen LogP contribution < -0.4 is 5.32 Å². The normalized spacial score (nSPS) is 20.8. The molecule has 5 heteroatoms. The van der Waals surface area contributed by atoms with Gasteiger partial charge in [0.1, 0.15) is 12.5 Å². The first kappa shape index (κ1) is 15.6. The minimum absolute atomic E-state index is 0.0208. The Hall–Kier alpha value is -3.31. The molecule has 142 valence electrons. The lowest BCUT2D eigenvalue weighted by molar-refractivity contribution is -0.0600. The minimum atomic E-state index is -0.142. The number of nitrogens with one attached hydrogen (secondary N) is 1. The molecule has 0 bridgehead atoms. The average Bonchev–Trinajstić information content (AvgIpc) is 3.34. The zero-order chi connectivity index (χ0) is 19.4. The van der Waals surface area contributed by atoms with Crippen molar-refractivity contribution in [1.29, 1.82) is 0 Å². The van der Waals surface area contributed by atoms with Crippen molar-refractivity contribution >= 4 is 49.5 Å². The highest BCUT2D eigenvalue weighted by molar-refractivity contribution is 6.30. The Morgan fingerprint density at radius 3 is 2.07 bits per heavy atom. The van der Waals surface area contributed by atoms with Crippen molar-refractivity contribution in [2.45, 2.75) is 32.8 Å². The lowest BCUT2D eigenvalue weighted by Gasteiger charge is -2.20. The molecule has 29 heavy (non-hydrogen) atoms. The average molecular weight is 381 g/mol. The number of carbonyl (C=O) groups excluding carboxylic acids is 1. The van der Waals surface area contributed by atoms with Crippen molar-refractivity contribution in [3.63, 3.8) is 0 Å². The van der Waals surface area contributed by atoms with E-state index >= 15 is 0 Å². The van der Waals surface area contributed by atoms with Gasteiger partial charge in [-0.15, -0.1) is 0 Å². The number of fused-ring (bicyclic) bond motifs is 9. The lowest BCUT2D eigenvalue weighted by Crippen LogP contribution is -2.12. The van der Waals surface area contributed by atoms with Crippen LogP contribution in [0, 0.1) is 0 Å². The molecule has 5 nitrogen and oxygen atoms in total. The first-order valence-electron chi connectivity index (χ1n) is 10.1. The summed E-state index contributed by atoms with van der Waals surface area (Å²) >= 11 is 0. The Bertz CT molecular complexity index is 1540. The van der Waals surface area contributed by atoms with Gasteiger partial charge in [-0.2, -0.15) is 0 Å². The van der Waals surface area contributed by atoms with E-state index in [9.17, 15) is 4.79 Å². The van der Waals surface area contributed by atoms with Gasteiger partial charge in [-0.25, -0.2) is 0 Å². The van der Waals surface area contributed by atoms with E-state index in [1.165, 1.54) is 16.3 Å². The molecule has 0 fully saturated rings. The molecule has 0 spiro atoms. The van der Waals surface area contributed by atoms with Crippen LogP contribution in [0.5, 0.6) is 0 Å². The molecule has 2 aliphatic rings. The molecule has 2 aromatic heterocycles. The van der Waals surface area contributed by atoms with Crippen LogP contribution in [0.2, 0.25) is 0 Å². The van der Waals surface area contributed by atoms with Gasteiger partial charge in [0.25, 0.3) is 5.91 Å². The zero-order valence-corrected chi connectivity index (χ0v) is 16.2. The van der Waals surface area contributed by atoms with Crippen molar-refractivity contribution in [2.75, 3.05) is 0 Å². The summed E-state index contributed by atoms with van der Waals surface area (Å²) in [5.41, 5.74) is 6.46. The third-order valence-corrected chi connectivity index (χ3v) is 6.67. The number of carbonyl (C=O) groups is 1. The van der Waals surface area contributed by atoms with Crippen LogP contribution in [0.3, 0.4) is 0 Å². The van der Waals surface area contributed by atoms with Gasteiger partial charge >= 0.3 is 0 Å². The van der Waals surface area contributed by atoms with E-state index in [0.29, 0.717) is 6.54 Å². The highest BCUT2D eigenvalue weighted by atomic mass is 16.5. The van der Waals surface area contributed by atoms with Crippen molar-refractivity contribution in [1.82, 2.24) is 14.5 Å². The Balaban J connectivity index is 1.93. The van der Waals surface area contributed by atoms with Gasteiger partial charge in [0.15, 0.2) is 0 Å². The summed E-state index contributed by atoms with van der Waals surface area (Å²) in [4.78, 5) is 13.0. The molecule has 0 saturated carbocycles. The fourth-order valence-corrected chi connectivity index (χ4v) is 5.67. The first-order valence-corrected chi connectivity index (χ1v) is 10.1. The summed E-state index contributed by atoms with van der Waals surface area (Å²) in [5.74, 6) is 0.0208. The van der Waals surface area contributed by atoms with Gasteiger partial charge in [0.2, 0.25) is 0 Å². The molecule has 2 unspecified atom stereocenters. The number of benzene rings is 3. The van der Waals surface area contributed by atoms with Crippen molar-refractivity contribution < 1.29 is 9.53 Å². The summed E-state index contributed by atoms with van der Waals surface area (Å²) in [5, 5.41) is 7.60. The number of aromatic nitrogens is 2. The van der Waals surface area contributed by atoms with Gasteiger partial charge in [-0.3, -0.25) is 4.79 Å². The topological polar surface area (TPSA) is 48.2 Å². The molecule has 0 aliphatic carbocycles. The summed E-state index contributed by atoms with van der Waals surface area (Å²) in [6.07, 6.45) is -0.255. The number of hydrogen-bond donors (Lipinski definition) is 1. The Kier molecular flexibility index (Phi) is 2.68. The maximum Gasteiger partial charge on any atom is 0.252 e. The SMILES string of the molecule is CC1OC(C)n2c3ccccc3c3c4c(c5c6ccccc6n1c5c32)CNC4=O. The van der Waals surface area contributed by atoms with Crippen LogP contribution in [-0.4, -0.2) is 15.0 Å². The molecule has 0 saturated heterocycles. The molecule has 0 radical (unpaired) electrons. The second-order valence-corrected chi connectivity index (χ2v) is 8.09. The molecule has 1 N–H and O–H groups in total. The summed E-state index contributed by atoms with van der Waals surface area (Å²) in [6, 6.07) is 16.8. The molecular formula is C24H19N3O2. The van der Waals surface area contributed by atoms with Crippen molar-refractivity contribution in [3.05, 3.63) is 59.7 Å². The first-order chi connectivity index (χ1) is 14.2. The van der Waals surface area contributed by atoms with E-state index in [0.717, 1.165) is 38.4 Å². The largest absolute Gasteiger partial charge is 0.348 e. The lowest BCUT2D eigenvalue weighted by atomic mass is 9.97. The standard InChI is InChI=1S/C24H19N3O2/c1-12-26-17-9-5-3-7-14(17)19-16-11-25-24(28)21(16)20-15-8-4-6-10-18(15)27(13(2)29-12)23(20)22(19)26/h3-10,12-13H,11H2,1-2H3,(H,25,28). The minimum Gasteiger partial charge on any atom is -0.348 e. The number of nitrogens with zero attached hydrogens (tertiary/aromatic N) is 2. The predicted octanol–water partition coefficient (Wildman–Crippen LogP) is 5.21. The van der Waals surface area contributed by atoms with Crippen LogP contribution in [0.15, 0.2) is 48.5 Å². The molecule has 2 atom stereocenters. The van der Waals surface area contributed by atoms with E-state index in [1.807, 2.05) is 6.07 Å². The summed E-state index contributed by atoms with van der Waals surface area (Å²) in [6.45, 7) is 4.77. The molecule has 7 rings (SSSR count). The highest BCUT2D eigenvalue weighted by Crippen LogP contribution is 2.48. The molecule has 5 aromatic rings. The van der Waals surface area contributed by atoms with Crippen molar-refractivity contribution in [3.8, 4) is 0 Å². The van der Waals surface area contributed by atoms with E-state index in [-0.39, 0.29) is 18.4 Å². The van der Waals surface area contributed by atoms with Gasteiger partial charge < -0.3 is 19.2 Å². The smallest absolute Gasteiger partial charge is 0.252 e. The number of amides is 1. The van der Waals surface area contributed by atoms with E-state index in [1.54, 1.807) is 0 Å².